The number of benzene rings is 2. The molecule has 0 spiro atoms. The van der Waals surface area contributed by atoms with Gasteiger partial charge in [-0.05, 0) is 62.5 Å². The van der Waals surface area contributed by atoms with E-state index in [2.05, 4.69) is 5.32 Å². The number of carbonyl (C=O) groups is 1. The molecule has 2 aromatic rings. The molecule has 0 unspecified atom stereocenters. The summed E-state index contributed by atoms with van der Waals surface area (Å²) in [5, 5.41) is 4.83. The topological polar surface area (TPSA) is 50.8 Å². The number of nitrogens with zero attached hydrogens (tertiary/aromatic N) is 1. The Kier molecular flexibility index (Phi) is 4.89. The van der Waals surface area contributed by atoms with E-state index in [0.717, 1.165) is 11.3 Å². The molecule has 2 aliphatic heterocycles. The lowest BCUT2D eigenvalue weighted by atomic mass is 9.79. The summed E-state index contributed by atoms with van der Waals surface area (Å²) in [6, 6.07) is 12.2. The van der Waals surface area contributed by atoms with Crippen LogP contribution < -0.4 is 15.0 Å². The lowest BCUT2D eigenvalue weighted by molar-refractivity contribution is -0.159. The average Bonchev–Trinajstić information content (AvgIpc) is 2.62. The Labute approximate surface area is 178 Å². The summed E-state index contributed by atoms with van der Waals surface area (Å²) in [4.78, 5) is 14.8. The van der Waals surface area contributed by atoms with E-state index in [1.165, 1.54) is 0 Å². The summed E-state index contributed by atoms with van der Waals surface area (Å²) in [6.45, 7) is 3.88. The number of nitrogens with one attached hydrogen (secondary N) is 1. The number of hydrogen-bond donors (Lipinski definition) is 1. The van der Waals surface area contributed by atoms with Crippen molar-refractivity contribution in [2.75, 3.05) is 11.5 Å². The van der Waals surface area contributed by atoms with Gasteiger partial charge in [0, 0.05) is 21.3 Å². The van der Waals surface area contributed by atoms with E-state index in [1.54, 1.807) is 42.2 Å². The fourth-order valence-electron chi connectivity index (χ4n) is 3.95. The van der Waals surface area contributed by atoms with Crippen molar-refractivity contribution in [3.05, 3.63) is 58.1 Å². The maximum absolute atomic E-state index is 13.0. The number of hydrogen-bond acceptors (Lipinski definition) is 4. The van der Waals surface area contributed by atoms with Crippen LogP contribution in [0.15, 0.2) is 42.5 Å². The molecule has 2 aromatic carbocycles. The molecule has 0 aromatic heterocycles. The van der Waals surface area contributed by atoms with Crippen LogP contribution in [0.5, 0.6) is 5.75 Å². The van der Waals surface area contributed by atoms with Crippen LogP contribution in [0.1, 0.15) is 25.5 Å². The molecule has 2 bridgehead atoms. The number of carbonyl (C=O) groups excluding carboxylic acids is 1. The summed E-state index contributed by atoms with van der Waals surface area (Å²) >= 11 is 18.0. The quantitative estimate of drug-likeness (QED) is 0.554. The average molecular weight is 437 g/mol. The third-order valence-corrected chi connectivity index (χ3v) is 5.84. The first-order valence-electron chi connectivity index (χ1n) is 8.86. The van der Waals surface area contributed by atoms with Gasteiger partial charge in [-0.1, -0.05) is 29.3 Å². The number of thiocarbonyl (C=S) groups is 1. The minimum absolute atomic E-state index is 0.266. The fraction of sp³-hybridized carbons (Fsp3) is 0.300. The fourth-order valence-corrected chi connectivity index (χ4v) is 4.73. The van der Waals surface area contributed by atoms with Gasteiger partial charge in [0.2, 0.25) is 5.72 Å². The summed E-state index contributed by atoms with van der Waals surface area (Å²) in [7, 11) is 0. The Morgan fingerprint density at radius 3 is 2.75 bits per heavy atom. The van der Waals surface area contributed by atoms with Crippen LogP contribution in [0.3, 0.4) is 0 Å². The highest BCUT2D eigenvalue weighted by molar-refractivity contribution is 7.80. The van der Waals surface area contributed by atoms with Gasteiger partial charge in [-0.2, -0.15) is 0 Å². The minimum atomic E-state index is -1.11. The highest BCUT2D eigenvalue weighted by Crippen LogP contribution is 2.50. The number of esters is 1. The smallest absolute Gasteiger partial charge is 0.317 e. The van der Waals surface area contributed by atoms with E-state index >= 15 is 0 Å². The molecule has 28 heavy (non-hydrogen) atoms. The minimum Gasteiger partial charge on any atom is -0.466 e. The normalized spacial score (nSPS) is 25.4. The number of fused-ring (bicyclic) bond motifs is 4. The Balaban J connectivity index is 1.90. The third kappa shape index (κ3) is 3.00. The van der Waals surface area contributed by atoms with Gasteiger partial charge in [0.25, 0.3) is 0 Å². The number of rotatable bonds is 3. The zero-order valence-electron chi connectivity index (χ0n) is 15.2. The van der Waals surface area contributed by atoms with Crippen molar-refractivity contribution in [2.24, 2.45) is 5.92 Å². The van der Waals surface area contributed by atoms with Gasteiger partial charge in [0.05, 0.1) is 12.6 Å². The highest BCUT2D eigenvalue weighted by atomic mass is 35.5. The molecule has 4 rings (SSSR count). The van der Waals surface area contributed by atoms with Crippen molar-refractivity contribution in [3.8, 4) is 5.75 Å². The van der Waals surface area contributed by atoms with Gasteiger partial charge in [0.1, 0.15) is 11.7 Å². The van der Waals surface area contributed by atoms with Gasteiger partial charge in [-0.25, -0.2) is 0 Å². The summed E-state index contributed by atoms with van der Waals surface area (Å²) in [5.74, 6) is -0.411. The molecule has 3 atom stereocenters. The monoisotopic (exact) mass is 436 g/mol. The molecule has 2 heterocycles. The maximum Gasteiger partial charge on any atom is 0.317 e. The van der Waals surface area contributed by atoms with E-state index < -0.39 is 17.7 Å². The second kappa shape index (κ2) is 7.10. The largest absolute Gasteiger partial charge is 0.466 e. The standard InChI is InChI=1S/C20H18Cl2N2O3S/c1-3-26-18(25)16-17-14-10-12(22)7-8-15(14)27-20(16,2)24(19(28)23-17)13-6-4-5-11(21)9-13/h4-10,16-17H,3H2,1-2H3,(H,23,28)/t16-,17+,20-/m0/s1. The lowest BCUT2D eigenvalue weighted by Gasteiger charge is -2.55. The van der Waals surface area contributed by atoms with Gasteiger partial charge in [0.15, 0.2) is 5.11 Å². The van der Waals surface area contributed by atoms with E-state index in [1.807, 2.05) is 19.1 Å². The van der Waals surface area contributed by atoms with Crippen LogP contribution >= 0.6 is 35.4 Å². The molecule has 1 saturated heterocycles. The molecule has 1 fully saturated rings. The molecule has 0 radical (unpaired) electrons. The Hall–Kier alpha value is -2.02. The van der Waals surface area contributed by atoms with E-state index in [9.17, 15) is 4.79 Å². The van der Waals surface area contributed by atoms with Gasteiger partial charge in [-0.15, -0.1) is 0 Å². The second-order valence-electron chi connectivity index (χ2n) is 6.81. The van der Waals surface area contributed by atoms with Crippen LogP contribution in [0, 0.1) is 5.92 Å². The van der Waals surface area contributed by atoms with Crippen molar-refractivity contribution >= 4 is 52.2 Å². The zero-order chi connectivity index (χ0) is 20.1. The molecular weight excluding hydrogens is 419 g/mol. The van der Waals surface area contributed by atoms with Crippen molar-refractivity contribution < 1.29 is 14.3 Å². The Bertz CT molecular complexity index is 970. The molecule has 1 N–H and O–H groups in total. The van der Waals surface area contributed by atoms with Crippen molar-refractivity contribution in [3.63, 3.8) is 0 Å². The first kappa shape index (κ1) is 19.3. The summed E-state index contributed by atoms with van der Waals surface area (Å²) < 4.78 is 11.8. The first-order valence-corrected chi connectivity index (χ1v) is 10.0. The van der Waals surface area contributed by atoms with Gasteiger partial charge >= 0.3 is 5.97 Å². The molecule has 5 nitrogen and oxygen atoms in total. The molecule has 8 heteroatoms. The predicted octanol–water partition coefficient (Wildman–Crippen LogP) is 4.72. The molecule has 0 saturated carbocycles. The van der Waals surface area contributed by atoms with Crippen molar-refractivity contribution in [2.45, 2.75) is 25.6 Å². The van der Waals surface area contributed by atoms with Crippen molar-refractivity contribution in [1.29, 1.82) is 0 Å². The van der Waals surface area contributed by atoms with Gasteiger partial charge < -0.3 is 14.8 Å². The molecule has 2 aliphatic rings. The Morgan fingerprint density at radius 1 is 1.29 bits per heavy atom. The molecule has 0 aliphatic carbocycles. The number of ether oxygens (including phenoxy) is 2. The third-order valence-electron chi connectivity index (χ3n) is 5.07. The highest BCUT2D eigenvalue weighted by Gasteiger charge is 2.59. The van der Waals surface area contributed by atoms with Crippen LogP contribution in [0.4, 0.5) is 5.69 Å². The number of anilines is 1. The van der Waals surface area contributed by atoms with Crippen LogP contribution in [-0.4, -0.2) is 23.4 Å². The SMILES string of the molecule is CCOC(=O)[C@@H]1[C@@H]2NC(=S)N(c3cccc(Cl)c3)[C@@]1(C)Oc1ccc(Cl)cc12. The lowest BCUT2D eigenvalue weighted by Crippen LogP contribution is -2.71. The van der Waals surface area contributed by atoms with E-state index in [4.69, 9.17) is 44.9 Å². The first-order chi connectivity index (χ1) is 13.3. The maximum atomic E-state index is 13.0. The number of halogens is 2. The molecular formula is C20H18Cl2N2O3S. The molecule has 0 amide bonds. The van der Waals surface area contributed by atoms with Crippen LogP contribution in [0.25, 0.3) is 0 Å². The summed E-state index contributed by atoms with van der Waals surface area (Å²) in [5.41, 5.74) is 0.388. The summed E-state index contributed by atoms with van der Waals surface area (Å²) in [6.07, 6.45) is 0. The van der Waals surface area contributed by atoms with Crippen LogP contribution in [-0.2, 0) is 9.53 Å². The second-order valence-corrected chi connectivity index (χ2v) is 8.07. The van der Waals surface area contributed by atoms with E-state index in [0.29, 0.717) is 20.9 Å². The van der Waals surface area contributed by atoms with Gasteiger partial charge in [-0.3, -0.25) is 9.69 Å². The predicted molar refractivity (Wildman–Crippen MR) is 113 cm³/mol. The van der Waals surface area contributed by atoms with E-state index in [-0.39, 0.29) is 12.6 Å². The van der Waals surface area contributed by atoms with Crippen LogP contribution in [0.2, 0.25) is 10.0 Å². The molecule has 146 valence electrons. The van der Waals surface area contributed by atoms with Crippen molar-refractivity contribution in [1.82, 2.24) is 5.32 Å². The Morgan fingerprint density at radius 2 is 2.04 bits per heavy atom. The zero-order valence-corrected chi connectivity index (χ0v) is 17.6.